The molecular formula is C19H19N. The summed E-state index contributed by atoms with van der Waals surface area (Å²) in [5.41, 5.74) is 5.99. The maximum Gasteiger partial charge on any atom is 0.0483 e. The Labute approximate surface area is 119 Å². The van der Waals surface area contributed by atoms with E-state index in [0.29, 0.717) is 0 Å². The predicted molar refractivity (Wildman–Crippen MR) is 84.1 cm³/mol. The molecule has 4 rings (SSSR count). The second-order valence-electron chi connectivity index (χ2n) is 6.10. The minimum absolute atomic E-state index is 0.143. The number of para-hydroxylation sites is 1. The number of fused-ring (bicyclic) bond motifs is 3. The molecule has 2 aromatic carbocycles. The Hall–Kier alpha value is -2.02. The van der Waals surface area contributed by atoms with Gasteiger partial charge in [0.25, 0.3) is 0 Å². The third-order valence-electron chi connectivity index (χ3n) is 5.02. The largest absolute Gasteiger partial charge is 0.347 e. The third kappa shape index (κ3) is 1.38. The highest BCUT2D eigenvalue weighted by atomic mass is 15.0. The minimum Gasteiger partial charge on any atom is -0.347 e. The van der Waals surface area contributed by atoms with Gasteiger partial charge in [0.15, 0.2) is 0 Å². The smallest absolute Gasteiger partial charge is 0.0483 e. The molecule has 0 fully saturated rings. The van der Waals surface area contributed by atoms with Crippen LogP contribution in [0.2, 0.25) is 0 Å². The summed E-state index contributed by atoms with van der Waals surface area (Å²) < 4.78 is 2.41. The van der Waals surface area contributed by atoms with Crippen molar-refractivity contribution < 1.29 is 0 Å². The van der Waals surface area contributed by atoms with Crippen molar-refractivity contribution in [1.82, 2.24) is 4.57 Å². The van der Waals surface area contributed by atoms with Crippen molar-refractivity contribution >= 4 is 10.9 Å². The summed E-state index contributed by atoms with van der Waals surface area (Å²) in [6.07, 6.45) is 2.39. The number of rotatable bonds is 1. The van der Waals surface area contributed by atoms with Gasteiger partial charge in [0.05, 0.1) is 0 Å². The van der Waals surface area contributed by atoms with Gasteiger partial charge in [-0.15, -0.1) is 0 Å². The van der Waals surface area contributed by atoms with Gasteiger partial charge in [-0.25, -0.2) is 0 Å². The summed E-state index contributed by atoms with van der Waals surface area (Å²) in [5, 5.41) is 1.43. The lowest BCUT2D eigenvalue weighted by molar-refractivity contribution is 0.534. The SMILES string of the molecule is Cn1c2c(c3ccccc31)CCC2(C)c1ccccc1. The molecule has 20 heavy (non-hydrogen) atoms. The molecule has 1 unspecified atom stereocenters. The molecule has 0 amide bonds. The number of nitrogens with zero attached hydrogens (tertiary/aromatic N) is 1. The van der Waals surface area contributed by atoms with Crippen molar-refractivity contribution in [3.63, 3.8) is 0 Å². The summed E-state index contributed by atoms with van der Waals surface area (Å²) in [7, 11) is 2.22. The number of hydrogen-bond donors (Lipinski definition) is 0. The number of aryl methyl sites for hydroxylation is 2. The second-order valence-corrected chi connectivity index (χ2v) is 6.10. The Kier molecular flexibility index (Phi) is 2.35. The van der Waals surface area contributed by atoms with Crippen molar-refractivity contribution in [2.24, 2.45) is 7.05 Å². The number of hydrogen-bond acceptors (Lipinski definition) is 0. The average molecular weight is 261 g/mol. The van der Waals surface area contributed by atoms with Gasteiger partial charge < -0.3 is 4.57 Å². The molecule has 0 bridgehead atoms. The Bertz CT molecular complexity index is 782. The van der Waals surface area contributed by atoms with Crippen molar-refractivity contribution in [2.75, 3.05) is 0 Å². The van der Waals surface area contributed by atoms with Gasteiger partial charge in [0.2, 0.25) is 0 Å². The maximum atomic E-state index is 2.41. The molecule has 1 nitrogen and oxygen atoms in total. The highest BCUT2D eigenvalue weighted by Crippen LogP contribution is 2.47. The van der Waals surface area contributed by atoms with Crippen LogP contribution in [0.4, 0.5) is 0 Å². The van der Waals surface area contributed by atoms with Crippen LogP contribution in [-0.4, -0.2) is 4.57 Å². The molecule has 100 valence electrons. The average Bonchev–Trinajstić information content (AvgIpc) is 3.00. The van der Waals surface area contributed by atoms with Crippen LogP contribution in [0.5, 0.6) is 0 Å². The fourth-order valence-electron chi connectivity index (χ4n) is 4.01. The van der Waals surface area contributed by atoms with Crippen LogP contribution in [0.15, 0.2) is 54.6 Å². The molecule has 0 spiro atoms. The van der Waals surface area contributed by atoms with Crippen LogP contribution in [-0.2, 0) is 18.9 Å². The molecule has 0 saturated heterocycles. The van der Waals surface area contributed by atoms with Gasteiger partial charge in [-0.05, 0) is 37.0 Å². The number of aromatic nitrogens is 1. The molecule has 0 radical (unpaired) electrons. The maximum absolute atomic E-state index is 2.41. The summed E-state index contributed by atoms with van der Waals surface area (Å²) >= 11 is 0. The molecule has 3 aromatic rings. The first-order valence-corrected chi connectivity index (χ1v) is 7.34. The summed E-state index contributed by atoms with van der Waals surface area (Å²) in [6.45, 7) is 2.40. The zero-order valence-electron chi connectivity index (χ0n) is 12.1. The standard InChI is InChI=1S/C19H19N/c1-19(14-8-4-3-5-9-14)13-12-16-15-10-6-7-11-17(15)20(2)18(16)19/h3-11H,12-13H2,1-2H3. The molecular weight excluding hydrogens is 242 g/mol. The van der Waals surface area contributed by atoms with E-state index in [1.54, 1.807) is 5.56 Å². The Balaban J connectivity index is 2.03. The molecule has 1 aliphatic rings. The first-order valence-electron chi connectivity index (χ1n) is 7.34. The molecule has 1 heteroatoms. The van der Waals surface area contributed by atoms with E-state index in [1.807, 2.05) is 0 Å². The zero-order chi connectivity index (χ0) is 13.7. The van der Waals surface area contributed by atoms with Crippen LogP contribution >= 0.6 is 0 Å². The third-order valence-corrected chi connectivity index (χ3v) is 5.02. The van der Waals surface area contributed by atoms with E-state index in [1.165, 1.54) is 35.0 Å². The predicted octanol–water partition coefficient (Wildman–Crippen LogP) is 4.43. The lowest BCUT2D eigenvalue weighted by Gasteiger charge is -2.27. The van der Waals surface area contributed by atoms with Gasteiger partial charge in [0.1, 0.15) is 0 Å². The topological polar surface area (TPSA) is 4.93 Å². The molecule has 1 heterocycles. The highest BCUT2D eigenvalue weighted by molar-refractivity contribution is 5.87. The highest BCUT2D eigenvalue weighted by Gasteiger charge is 2.39. The van der Waals surface area contributed by atoms with Crippen molar-refractivity contribution in [3.8, 4) is 0 Å². The molecule has 0 N–H and O–H groups in total. The van der Waals surface area contributed by atoms with Gasteiger partial charge in [-0.3, -0.25) is 0 Å². The van der Waals surface area contributed by atoms with Crippen LogP contribution in [0.3, 0.4) is 0 Å². The van der Waals surface area contributed by atoms with E-state index in [-0.39, 0.29) is 5.41 Å². The van der Waals surface area contributed by atoms with Crippen LogP contribution in [0, 0.1) is 0 Å². The first kappa shape index (κ1) is 11.8. The van der Waals surface area contributed by atoms with Gasteiger partial charge in [0, 0.05) is 29.1 Å². The lowest BCUT2D eigenvalue weighted by Crippen LogP contribution is -2.23. The minimum atomic E-state index is 0.143. The molecule has 1 atom stereocenters. The normalized spacial score (nSPS) is 21.3. The van der Waals surface area contributed by atoms with Crippen LogP contribution in [0.25, 0.3) is 10.9 Å². The zero-order valence-corrected chi connectivity index (χ0v) is 12.1. The Morgan fingerprint density at radius 2 is 1.65 bits per heavy atom. The van der Waals surface area contributed by atoms with Crippen molar-refractivity contribution in [3.05, 3.63) is 71.4 Å². The Morgan fingerprint density at radius 3 is 2.45 bits per heavy atom. The van der Waals surface area contributed by atoms with E-state index in [9.17, 15) is 0 Å². The fourth-order valence-corrected chi connectivity index (χ4v) is 4.01. The quantitative estimate of drug-likeness (QED) is 0.610. The molecule has 0 saturated carbocycles. The second kappa shape index (κ2) is 3.99. The van der Waals surface area contributed by atoms with Gasteiger partial charge in [-0.1, -0.05) is 48.5 Å². The van der Waals surface area contributed by atoms with E-state index in [4.69, 9.17) is 0 Å². The molecule has 0 aliphatic heterocycles. The first-order chi connectivity index (χ1) is 9.72. The van der Waals surface area contributed by atoms with E-state index < -0.39 is 0 Å². The van der Waals surface area contributed by atoms with E-state index in [2.05, 4.69) is 73.1 Å². The van der Waals surface area contributed by atoms with Crippen molar-refractivity contribution in [2.45, 2.75) is 25.2 Å². The van der Waals surface area contributed by atoms with Crippen LogP contribution in [0.1, 0.15) is 30.2 Å². The summed E-state index contributed by atoms with van der Waals surface area (Å²) in [5.74, 6) is 0. The fraction of sp³-hybridized carbons (Fsp3) is 0.263. The summed E-state index contributed by atoms with van der Waals surface area (Å²) in [4.78, 5) is 0. The molecule has 1 aliphatic carbocycles. The number of benzene rings is 2. The van der Waals surface area contributed by atoms with E-state index >= 15 is 0 Å². The molecule has 1 aromatic heterocycles. The van der Waals surface area contributed by atoms with Crippen molar-refractivity contribution in [1.29, 1.82) is 0 Å². The lowest BCUT2D eigenvalue weighted by atomic mass is 9.80. The summed E-state index contributed by atoms with van der Waals surface area (Å²) in [6, 6.07) is 19.7. The van der Waals surface area contributed by atoms with Gasteiger partial charge in [-0.2, -0.15) is 0 Å². The van der Waals surface area contributed by atoms with Gasteiger partial charge >= 0.3 is 0 Å². The van der Waals surface area contributed by atoms with Crippen LogP contribution < -0.4 is 0 Å². The van der Waals surface area contributed by atoms with E-state index in [0.717, 1.165) is 0 Å². The Morgan fingerprint density at radius 1 is 0.950 bits per heavy atom. The monoisotopic (exact) mass is 261 g/mol.